The lowest BCUT2D eigenvalue weighted by molar-refractivity contribution is -0.122. The first-order chi connectivity index (χ1) is 11.7. The first kappa shape index (κ1) is 17.7. The zero-order chi connectivity index (χ0) is 17.0. The lowest BCUT2D eigenvalue weighted by Crippen LogP contribution is -2.32. The summed E-state index contributed by atoms with van der Waals surface area (Å²) in [6, 6.07) is 15.4. The molecule has 0 spiro atoms. The molecular formula is C19H23N3O2. The van der Waals surface area contributed by atoms with Crippen LogP contribution in [0.25, 0.3) is 0 Å². The minimum Gasteiger partial charge on any atom is -0.356 e. The van der Waals surface area contributed by atoms with Crippen LogP contribution in [0.5, 0.6) is 0 Å². The molecule has 5 nitrogen and oxygen atoms in total. The summed E-state index contributed by atoms with van der Waals surface area (Å²) in [5, 5.41) is 5.63. The van der Waals surface area contributed by atoms with Crippen molar-refractivity contribution in [3.8, 4) is 0 Å². The number of benzene rings is 1. The maximum absolute atomic E-state index is 11.8. The Bertz CT molecular complexity index is 630. The van der Waals surface area contributed by atoms with Crippen LogP contribution < -0.4 is 10.6 Å². The van der Waals surface area contributed by atoms with Crippen molar-refractivity contribution in [3.63, 3.8) is 0 Å². The molecule has 2 aromatic rings. The fraction of sp³-hybridized carbons (Fsp3) is 0.316. The molecule has 0 aliphatic carbocycles. The Balaban J connectivity index is 1.52. The Morgan fingerprint density at radius 3 is 2.38 bits per heavy atom. The smallest absolute Gasteiger partial charge is 0.224 e. The van der Waals surface area contributed by atoms with Crippen LogP contribution in [0.3, 0.4) is 0 Å². The van der Waals surface area contributed by atoms with Gasteiger partial charge in [0, 0.05) is 31.4 Å². The fourth-order valence-corrected chi connectivity index (χ4v) is 2.29. The lowest BCUT2D eigenvalue weighted by atomic mass is 10.1. The third-order valence-electron chi connectivity index (χ3n) is 3.54. The van der Waals surface area contributed by atoms with Gasteiger partial charge in [0.2, 0.25) is 11.8 Å². The van der Waals surface area contributed by atoms with Gasteiger partial charge in [-0.25, -0.2) is 0 Å². The van der Waals surface area contributed by atoms with E-state index in [1.54, 1.807) is 6.20 Å². The van der Waals surface area contributed by atoms with Gasteiger partial charge in [0.15, 0.2) is 0 Å². The number of hydrogen-bond donors (Lipinski definition) is 2. The molecule has 0 unspecified atom stereocenters. The molecule has 0 saturated carbocycles. The standard InChI is InChI=1S/C19H23N3O2/c23-18(21-13-6-10-17-9-4-5-12-20-17)11-14-22-19(24)15-16-7-2-1-3-8-16/h1-5,7-9,12H,6,10-11,13-15H2,(H,21,23)(H,22,24). The van der Waals surface area contributed by atoms with Crippen molar-refractivity contribution in [3.05, 3.63) is 66.0 Å². The van der Waals surface area contributed by atoms with Gasteiger partial charge in [0.05, 0.1) is 6.42 Å². The van der Waals surface area contributed by atoms with Crippen molar-refractivity contribution >= 4 is 11.8 Å². The number of carbonyl (C=O) groups excluding carboxylic acids is 2. The predicted molar refractivity (Wildman–Crippen MR) is 93.3 cm³/mol. The lowest BCUT2D eigenvalue weighted by Gasteiger charge is -2.07. The number of hydrogen-bond acceptors (Lipinski definition) is 3. The van der Waals surface area contributed by atoms with Gasteiger partial charge in [-0.05, 0) is 30.5 Å². The highest BCUT2D eigenvalue weighted by molar-refractivity contribution is 5.80. The van der Waals surface area contributed by atoms with E-state index in [1.165, 1.54) is 0 Å². The van der Waals surface area contributed by atoms with Gasteiger partial charge in [-0.3, -0.25) is 14.6 Å². The molecule has 1 aromatic carbocycles. The highest BCUT2D eigenvalue weighted by Gasteiger charge is 2.05. The topological polar surface area (TPSA) is 71.1 Å². The number of carbonyl (C=O) groups is 2. The minimum atomic E-state index is -0.0656. The van der Waals surface area contributed by atoms with Gasteiger partial charge >= 0.3 is 0 Å². The van der Waals surface area contributed by atoms with Crippen LogP contribution in [0.1, 0.15) is 24.1 Å². The van der Waals surface area contributed by atoms with Crippen LogP contribution in [-0.2, 0) is 22.4 Å². The second kappa shape index (κ2) is 10.2. The summed E-state index contributed by atoms with van der Waals surface area (Å²) >= 11 is 0. The zero-order valence-electron chi connectivity index (χ0n) is 13.7. The molecule has 24 heavy (non-hydrogen) atoms. The van der Waals surface area contributed by atoms with Crippen LogP contribution in [0, 0.1) is 0 Å². The van der Waals surface area contributed by atoms with Crippen molar-refractivity contribution in [2.75, 3.05) is 13.1 Å². The number of amides is 2. The van der Waals surface area contributed by atoms with E-state index in [-0.39, 0.29) is 11.8 Å². The van der Waals surface area contributed by atoms with Crippen LogP contribution in [0.15, 0.2) is 54.7 Å². The highest BCUT2D eigenvalue weighted by atomic mass is 16.2. The summed E-state index contributed by atoms with van der Waals surface area (Å²) in [4.78, 5) is 27.7. The van der Waals surface area contributed by atoms with Crippen molar-refractivity contribution in [2.45, 2.75) is 25.7 Å². The molecule has 0 saturated heterocycles. The molecule has 2 rings (SSSR count). The maximum atomic E-state index is 11.8. The van der Waals surface area contributed by atoms with Gasteiger partial charge in [-0.15, -0.1) is 0 Å². The quantitative estimate of drug-likeness (QED) is 0.692. The van der Waals surface area contributed by atoms with E-state index in [0.717, 1.165) is 24.1 Å². The molecule has 2 amide bonds. The molecule has 0 aliphatic heterocycles. The van der Waals surface area contributed by atoms with E-state index in [2.05, 4.69) is 15.6 Å². The minimum absolute atomic E-state index is 0.0453. The van der Waals surface area contributed by atoms with E-state index >= 15 is 0 Å². The van der Waals surface area contributed by atoms with Crippen LogP contribution in [0.2, 0.25) is 0 Å². The highest BCUT2D eigenvalue weighted by Crippen LogP contribution is 1.99. The number of aromatic nitrogens is 1. The van der Waals surface area contributed by atoms with Gasteiger partial charge in [0.25, 0.3) is 0 Å². The molecule has 0 atom stereocenters. The Hall–Kier alpha value is -2.69. The first-order valence-electron chi connectivity index (χ1n) is 8.21. The summed E-state index contributed by atoms with van der Waals surface area (Å²) in [7, 11) is 0. The van der Waals surface area contributed by atoms with Gasteiger partial charge < -0.3 is 10.6 Å². The predicted octanol–water partition coefficient (Wildman–Crippen LogP) is 1.88. The molecule has 0 bridgehead atoms. The third kappa shape index (κ3) is 7.05. The number of nitrogens with one attached hydrogen (secondary N) is 2. The molecule has 5 heteroatoms. The van der Waals surface area contributed by atoms with E-state index in [0.29, 0.717) is 25.9 Å². The van der Waals surface area contributed by atoms with Crippen molar-refractivity contribution in [1.82, 2.24) is 15.6 Å². The number of nitrogens with zero attached hydrogens (tertiary/aromatic N) is 1. The maximum Gasteiger partial charge on any atom is 0.224 e. The van der Waals surface area contributed by atoms with Crippen LogP contribution >= 0.6 is 0 Å². The molecule has 0 radical (unpaired) electrons. The van der Waals surface area contributed by atoms with Crippen molar-refractivity contribution in [1.29, 1.82) is 0 Å². The molecule has 1 heterocycles. The van der Waals surface area contributed by atoms with Crippen molar-refractivity contribution in [2.24, 2.45) is 0 Å². The van der Waals surface area contributed by atoms with E-state index in [1.807, 2.05) is 48.5 Å². The molecule has 0 fully saturated rings. The average molecular weight is 325 g/mol. The molecular weight excluding hydrogens is 302 g/mol. The number of aryl methyl sites for hydroxylation is 1. The fourth-order valence-electron chi connectivity index (χ4n) is 2.29. The summed E-state index contributed by atoms with van der Waals surface area (Å²) < 4.78 is 0. The SMILES string of the molecule is O=C(CCNC(=O)Cc1ccccc1)NCCCc1ccccn1. The van der Waals surface area contributed by atoms with Crippen molar-refractivity contribution < 1.29 is 9.59 Å². The van der Waals surface area contributed by atoms with E-state index in [4.69, 9.17) is 0 Å². The van der Waals surface area contributed by atoms with Gasteiger partial charge in [0.1, 0.15) is 0 Å². The summed E-state index contributed by atoms with van der Waals surface area (Å²) in [6.07, 6.45) is 4.10. The second-order valence-corrected chi connectivity index (χ2v) is 5.54. The summed E-state index contributed by atoms with van der Waals surface area (Å²) in [5.41, 5.74) is 1.99. The Labute approximate surface area is 142 Å². The van der Waals surface area contributed by atoms with E-state index < -0.39 is 0 Å². The molecule has 0 aliphatic rings. The Morgan fingerprint density at radius 2 is 1.62 bits per heavy atom. The van der Waals surface area contributed by atoms with E-state index in [9.17, 15) is 9.59 Å². The average Bonchev–Trinajstić information content (AvgIpc) is 2.60. The third-order valence-corrected chi connectivity index (χ3v) is 3.54. The number of pyridine rings is 1. The zero-order valence-corrected chi connectivity index (χ0v) is 13.7. The van der Waals surface area contributed by atoms with Gasteiger partial charge in [-0.1, -0.05) is 36.4 Å². The summed E-state index contributed by atoms with van der Waals surface area (Å²) in [6.45, 7) is 0.977. The number of rotatable bonds is 9. The Morgan fingerprint density at radius 1 is 0.875 bits per heavy atom. The normalized spacial score (nSPS) is 10.2. The van der Waals surface area contributed by atoms with Crippen LogP contribution in [-0.4, -0.2) is 29.9 Å². The second-order valence-electron chi connectivity index (χ2n) is 5.54. The van der Waals surface area contributed by atoms with Crippen LogP contribution in [0.4, 0.5) is 0 Å². The Kier molecular flexibility index (Phi) is 7.47. The molecule has 126 valence electrons. The largest absolute Gasteiger partial charge is 0.356 e. The first-order valence-corrected chi connectivity index (χ1v) is 8.21. The molecule has 2 N–H and O–H groups in total. The van der Waals surface area contributed by atoms with Gasteiger partial charge in [-0.2, -0.15) is 0 Å². The molecule has 1 aromatic heterocycles. The monoisotopic (exact) mass is 325 g/mol. The summed E-state index contributed by atoms with van der Waals surface area (Å²) in [5.74, 6) is -0.111.